The van der Waals surface area contributed by atoms with Crippen LogP contribution in [0.5, 0.6) is 0 Å². The Morgan fingerprint density at radius 1 is 0.500 bits per heavy atom. The summed E-state index contributed by atoms with van der Waals surface area (Å²) in [6.07, 6.45) is 22.2. The largest absolute Gasteiger partial charge is 0.404 e. The molecule has 0 spiro atoms. The molecule has 0 saturated carbocycles. The maximum atomic E-state index is 5.92. The minimum Gasteiger partial charge on any atom is -0.397 e. The predicted molar refractivity (Wildman–Crippen MR) is 86.1 cm³/mol. The van der Waals surface area contributed by atoms with Crippen molar-refractivity contribution in [1.29, 1.82) is 0 Å². The molecular weight excluding hydrogens is 320 g/mol. The normalized spacial score (nSPS) is 44.8. The highest BCUT2D eigenvalue weighted by Crippen LogP contribution is 2.29. The van der Waals surface area contributed by atoms with E-state index < -0.39 is 34.2 Å². The van der Waals surface area contributed by atoms with Crippen LogP contribution in [-0.4, -0.2) is 34.2 Å². The molecule has 1 aliphatic rings. The summed E-state index contributed by atoms with van der Waals surface area (Å²) in [6.45, 7) is 6.80. The second-order valence-electron chi connectivity index (χ2n) is 4.77. The Hall–Kier alpha value is -1.05. The molecule has 0 aromatic carbocycles. The number of hydrogen-bond donors (Lipinski definition) is 0. The maximum absolute atomic E-state index is 5.92. The van der Waals surface area contributed by atoms with E-state index in [1.165, 1.54) is 0 Å². The monoisotopic (exact) mass is 336 g/mol. The molecule has 1 rings (SSSR count). The molecule has 0 aromatic rings. The van der Waals surface area contributed by atoms with Gasteiger partial charge in [0.25, 0.3) is 0 Å². The molecule has 1 saturated heterocycles. The fourth-order valence-electron chi connectivity index (χ4n) is 1.81. The predicted octanol–water partition coefficient (Wildman–Crippen LogP) is 1.04. The van der Waals surface area contributed by atoms with E-state index >= 15 is 0 Å². The first-order valence-electron chi connectivity index (χ1n) is 5.79. The van der Waals surface area contributed by atoms with Crippen molar-refractivity contribution >= 4 is 34.2 Å². The lowest BCUT2D eigenvalue weighted by molar-refractivity contribution is 0.256. The van der Waals surface area contributed by atoms with E-state index in [2.05, 4.69) is 22.2 Å². The highest BCUT2D eigenvalue weighted by Gasteiger charge is 2.56. The van der Waals surface area contributed by atoms with Crippen LogP contribution < -0.4 is 0 Å². The van der Waals surface area contributed by atoms with Crippen LogP contribution in [0, 0.1) is 47.9 Å². The van der Waals surface area contributed by atoms with Crippen LogP contribution in [0.3, 0.4) is 0 Å². The molecule has 8 heteroatoms. The minimum atomic E-state index is -3.01. The van der Waals surface area contributed by atoms with Gasteiger partial charge in [0, 0.05) is 0 Å². The van der Waals surface area contributed by atoms with Gasteiger partial charge in [-0.3, -0.25) is 0 Å². The van der Waals surface area contributed by atoms with Gasteiger partial charge < -0.3 is 16.5 Å². The Bertz CT molecular complexity index is 462. The summed E-state index contributed by atoms with van der Waals surface area (Å²) >= 11 is 0. The molecule has 0 amide bonds. The Labute approximate surface area is 125 Å². The lowest BCUT2D eigenvalue weighted by atomic mass is 11.4. The summed E-state index contributed by atoms with van der Waals surface area (Å²) in [5.41, 5.74) is 10.2. The Morgan fingerprint density at radius 2 is 0.650 bits per heavy atom. The minimum absolute atomic E-state index is 1.70. The van der Waals surface area contributed by atoms with Crippen molar-refractivity contribution in [2.45, 2.75) is 26.2 Å². The molecule has 1 heterocycles. The highest BCUT2D eigenvalue weighted by molar-refractivity contribution is 7.01. The smallest absolute Gasteiger partial charge is 0.397 e. The topological polar surface area (TPSA) is 36.9 Å². The summed E-state index contributed by atoms with van der Waals surface area (Å²) in [4.78, 5) is 0. The van der Waals surface area contributed by atoms with E-state index in [9.17, 15) is 0 Å². The number of hydrogen-bond acceptors (Lipinski definition) is 4. The zero-order valence-corrected chi connectivity index (χ0v) is 15.9. The van der Waals surface area contributed by atoms with Crippen molar-refractivity contribution in [1.82, 2.24) is 0 Å². The fraction of sp³-hybridized carbons (Fsp3) is 0.333. The second kappa shape index (κ2) is 5.38. The third-order valence-corrected chi connectivity index (χ3v) is 17.2. The first-order valence-corrected chi connectivity index (χ1v) is 15.1. The molecule has 0 unspecified atom stereocenters. The van der Waals surface area contributed by atoms with Crippen molar-refractivity contribution < 1.29 is 16.5 Å². The van der Waals surface area contributed by atoms with Gasteiger partial charge in [-0.1, -0.05) is 22.2 Å². The first-order chi connectivity index (χ1) is 9.07. The molecule has 20 heavy (non-hydrogen) atoms. The summed E-state index contributed by atoms with van der Waals surface area (Å²) in [5, 5.41) is 0. The third-order valence-electron chi connectivity index (χ3n) is 2.61. The summed E-state index contributed by atoms with van der Waals surface area (Å²) in [6, 6.07) is 0. The van der Waals surface area contributed by atoms with Crippen molar-refractivity contribution in [3.63, 3.8) is 0 Å². The van der Waals surface area contributed by atoms with E-state index in [0.29, 0.717) is 0 Å². The van der Waals surface area contributed by atoms with Crippen molar-refractivity contribution in [3.05, 3.63) is 0 Å². The van der Waals surface area contributed by atoms with Gasteiger partial charge in [0.15, 0.2) is 0 Å². The molecule has 0 atom stereocenters. The van der Waals surface area contributed by atoms with Crippen LogP contribution in [0.25, 0.3) is 0 Å². The molecule has 0 N–H and O–H groups in total. The van der Waals surface area contributed by atoms with Crippen molar-refractivity contribution in [3.8, 4) is 47.9 Å². The summed E-state index contributed by atoms with van der Waals surface area (Å²) in [5.74, 6) is 0. The van der Waals surface area contributed by atoms with E-state index in [-0.39, 0.29) is 0 Å². The fourth-order valence-corrected chi connectivity index (χ4v) is 17.8. The highest BCUT2D eigenvalue weighted by atomic mass is 28.5. The number of terminal acetylenes is 4. The zero-order chi connectivity index (χ0) is 15.7. The molecule has 0 aromatic heterocycles. The number of rotatable bonds is 0. The second-order valence-corrected chi connectivity index (χ2v) is 16.8. The molecule has 1 aliphatic heterocycles. The van der Waals surface area contributed by atoms with E-state index in [1.54, 1.807) is 26.2 Å². The quantitative estimate of drug-likeness (QED) is 0.489. The third kappa shape index (κ3) is 3.53. The lowest BCUT2D eigenvalue weighted by Gasteiger charge is -2.43. The van der Waals surface area contributed by atoms with Crippen LogP contribution in [0.2, 0.25) is 26.2 Å². The van der Waals surface area contributed by atoms with E-state index in [4.69, 9.17) is 42.2 Å². The molecule has 4 nitrogen and oxygen atoms in total. The van der Waals surface area contributed by atoms with Crippen LogP contribution in [0.1, 0.15) is 0 Å². The van der Waals surface area contributed by atoms with Crippen LogP contribution >= 0.6 is 0 Å². The van der Waals surface area contributed by atoms with Crippen molar-refractivity contribution in [2.24, 2.45) is 0 Å². The van der Waals surface area contributed by atoms with E-state index in [1.807, 2.05) is 0 Å². The zero-order valence-electron chi connectivity index (χ0n) is 11.9. The van der Waals surface area contributed by atoms with Crippen LogP contribution in [-0.2, 0) is 16.5 Å². The lowest BCUT2D eigenvalue weighted by Crippen LogP contribution is -2.66. The molecule has 0 radical (unpaired) electrons. The molecule has 0 aliphatic carbocycles. The Balaban J connectivity index is 3.36. The molecular formula is C12H16O4Si4. The van der Waals surface area contributed by atoms with Gasteiger partial charge in [-0.25, -0.2) is 0 Å². The average Bonchev–Trinajstić information content (AvgIpc) is 2.36. The van der Waals surface area contributed by atoms with Gasteiger partial charge in [-0.2, -0.15) is 0 Å². The summed E-state index contributed by atoms with van der Waals surface area (Å²) < 4.78 is 23.7. The van der Waals surface area contributed by atoms with Crippen LogP contribution in [0.4, 0.5) is 0 Å². The average molecular weight is 337 g/mol. The van der Waals surface area contributed by atoms with E-state index in [0.717, 1.165) is 0 Å². The Morgan fingerprint density at radius 3 is 0.750 bits per heavy atom. The van der Waals surface area contributed by atoms with Gasteiger partial charge in [-0.15, -0.1) is 25.7 Å². The van der Waals surface area contributed by atoms with Gasteiger partial charge >= 0.3 is 34.2 Å². The summed E-state index contributed by atoms with van der Waals surface area (Å²) in [7, 11) is -12.0. The van der Waals surface area contributed by atoms with Gasteiger partial charge in [0.05, 0.1) is 0 Å². The van der Waals surface area contributed by atoms with Gasteiger partial charge in [0.2, 0.25) is 0 Å². The molecule has 104 valence electrons. The standard InChI is InChI=1S/C12H16O4Si4/c1-9-17(5)13-18(6,10-2)15-20(8,12-4)16-19(7,11-3)14-17/h1-4H,5-8H3. The maximum Gasteiger partial charge on any atom is 0.404 e. The molecule has 0 bridgehead atoms. The Kier molecular flexibility index (Phi) is 4.58. The molecule has 1 fully saturated rings. The van der Waals surface area contributed by atoms with Gasteiger partial charge in [-0.05, 0) is 26.2 Å². The van der Waals surface area contributed by atoms with Gasteiger partial charge in [0.1, 0.15) is 0 Å². The van der Waals surface area contributed by atoms with Crippen LogP contribution in [0.15, 0.2) is 0 Å². The first kappa shape index (κ1) is 17.0. The SMILES string of the molecule is C#C[Si]1(C)O[Si](C)(C#C)O[Si](C)(C#C)O[Si](C)(C#C)O1. The van der Waals surface area contributed by atoms with Crippen molar-refractivity contribution in [2.75, 3.05) is 0 Å².